The molecule has 6 nitrogen and oxygen atoms in total. The van der Waals surface area contributed by atoms with Crippen LogP contribution in [0.3, 0.4) is 0 Å². The summed E-state index contributed by atoms with van der Waals surface area (Å²) in [5.74, 6) is 0.653. The fourth-order valence-corrected chi connectivity index (χ4v) is 4.27. The van der Waals surface area contributed by atoms with Gasteiger partial charge in [0.2, 0.25) is 6.29 Å². The summed E-state index contributed by atoms with van der Waals surface area (Å²) >= 11 is 11.9. The number of hydrogen-bond acceptors (Lipinski definition) is 5. The van der Waals surface area contributed by atoms with Gasteiger partial charge < -0.3 is 9.47 Å². The number of aromatic nitrogens is 3. The highest BCUT2D eigenvalue weighted by molar-refractivity contribution is 7.71. The van der Waals surface area contributed by atoms with Crippen LogP contribution in [0.15, 0.2) is 54.6 Å². The molecule has 0 aliphatic carbocycles. The van der Waals surface area contributed by atoms with E-state index in [1.807, 2.05) is 59.2 Å². The number of benzene rings is 2. The van der Waals surface area contributed by atoms with Crippen molar-refractivity contribution >= 4 is 29.6 Å². The van der Waals surface area contributed by atoms with Gasteiger partial charge in [0.25, 0.3) is 0 Å². The third-order valence-corrected chi connectivity index (χ3v) is 5.96. The van der Waals surface area contributed by atoms with Gasteiger partial charge in [0.05, 0.1) is 19.2 Å². The third kappa shape index (κ3) is 3.44. The molecule has 8 heteroatoms. The SMILES string of the molecule is O=C1C[C@@H](n2nc(-c3ccc(Cl)cc3)n(Cc3ccccc3)c2=S)[C@H]2CO[C@@H]1O2. The lowest BCUT2D eigenvalue weighted by Gasteiger charge is -2.26. The summed E-state index contributed by atoms with van der Waals surface area (Å²) in [7, 11) is 0. The van der Waals surface area contributed by atoms with Crippen LogP contribution in [0.1, 0.15) is 18.0 Å². The Labute approximate surface area is 177 Å². The zero-order valence-electron chi connectivity index (χ0n) is 15.4. The lowest BCUT2D eigenvalue weighted by atomic mass is 10.0. The molecule has 3 aromatic rings. The van der Waals surface area contributed by atoms with Gasteiger partial charge in [-0.1, -0.05) is 41.9 Å². The lowest BCUT2D eigenvalue weighted by Crippen LogP contribution is -2.37. The summed E-state index contributed by atoms with van der Waals surface area (Å²) in [6.45, 7) is 0.938. The van der Waals surface area contributed by atoms with E-state index in [1.54, 1.807) is 4.68 Å². The van der Waals surface area contributed by atoms with E-state index in [9.17, 15) is 4.79 Å². The molecule has 3 heterocycles. The molecule has 148 valence electrons. The molecule has 2 aromatic carbocycles. The average Bonchev–Trinajstić information content (AvgIpc) is 3.30. The van der Waals surface area contributed by atoms with E-state index in [2.05, 4.69) is 0 Å². The van der Waals surface area contributed by atoms with Crippen LogP contribution in [0.25, 0.3) is 11.4 Å². The molecule has 0 spiro atoms. The van der Waals surface area contributed by atoms with Crippen molar-refractivity contribution in [1.82, 2.24) is 14.3 Å². The van der Waals surface area contributed by atoms with Crippen molar-refractivity contribution in [1.29, 1.82) is 0 Å². The minimum Gasteiger partial charge on any atom is -0.343 e. The molecule has 2 aliphatic heterocycles. The normalized spacial score (nSPS) is 23.5. The number of rotatable bonds is 4. The first-order valence-corrected chi connectivity index (χ1v) is 10.2. The van der Waals surface area contributed by atoms with E-state index in [4.69, 9.17) is 38.4 Å². The van der Waals surface area contributed by atoms with Crippen LogP contribution in [0.5, 0.6) is 0 Å². The zero-order valence-corrected chi connectivity index (χ0v) is 17.0. The highest BCUT2D eigenvalue weighted by atomic mass is 35.5. The maximum atomic E-state index is 12.3. The van der Waals surface area contributed by atoms with Crippen LogP contribution in [0.2, 0.25) is 5.02 Å². The lowest BCUT2D eigenvalue weighted by molar-refractivity contribution is -0.156. The highest BCUT2D eigenvalue weighted by Crippen LogP contribution is 2.34. The molecule has 0 radical (unpaired) electrons. The molecule has 1 aromatic heterocycles. The molecule has 2 bridgehead atoms. The summed E-state index contributed by atoms with van der Waals surface area (Å²) in [6, 6.07) is 17.3. The van der Waals surface area contributed by atoms with Gasteiger partial charge in [-0.2, -0.15) is 5.10 Å². The number of carbonyl (C=O) groups is 1. The number of hydrogen-bond donors (Lipinski definition) is 0. The topological polar surface area (TPSA) is 58.3 Å². The molecular weight excluding hydrogens is 410 g/mol. The van der Waals surface area contributed by atoms with E-state index in [1.165, 1.54) is 0 Å². The first kappa shape index (κ1) is 18.7. The number of ether oxygens (including phenoxy) is 2. The summed E-state index contributed by atoms with van der Waals surface area (Å²) in [6.07, 6.45) is -0.679. The molecule has 0 unspecified atom stereocenters. The van der Waals surface area contributed by atoms with Crippen LogP contribution in [0, 0.1) is 4.77 Å². The van der Waals surface area contributed by atoms with Gasteiger partial charge in [-0.25, -0.2) is 4.68 Å². The molecule has 0 amide bonds. The van der Waals surface area contributed by atoms with Crippen molar-refractivity contribution in [3.8, 4) is 11.4 Å². The number of nitrogens with zero attached hydrogens (tertiary/aromatic N) is 3. The van der Waals surface area contributed by atoms with Crippen LogP contribution in [0.4, 0.5) is 0 Å². The van der Waals surface area contributed by atoms with Crippen molar-refractivity contribution in [2.75, 3.05) is 6.61 Å². The molecule has 2 aliphatic rings. The Hall–Kier alpha value is -2.32. The number of ketones is 1. The number of Topliss-reactive ketones (excluding diaryl/α,β-unsaturated/α-hetero) is 1. The van der Waals surface area contributed by atoms with Gasteiger partial charge in [0, 0.05) is 17.0 Å². The predicted molar refractivity (Wildman–Crippen MR) is 110 cm³/mol. The minimum atomic E-state index is -0.743. The summed E-state index contributed by atoms with van der Waals surface area (Å²) in [4.78, 5) is 12.3. The zero-order chi connectivity index (χ0) is 20.0. The highest BCUT2D eigenvalue weighted by Gasteiger charge is 2.45. The Kier molecular flexibility index (Phi) is 4.83. The van der Waals surface area contributed by atoms with Crippen molar-refractivity contribution in [3.63, 3.8) is 0 Å². The van der Waals surface area contributed by atoms with Gasteiger partial charge in [0.15, 0.2) is 16.4 Å². The van der Waals surface area contributed by atoms with Gasteiger partial charge in [0.1, 0.15) is 6.10 Å². The Morgan fingerprint density at radius 1 is 1.14 bits per heavy atom. The molecule has 0 N–H and O–H groups in total. The van der Waals surface area contributed by atoms with E-state index in [0.717, 1.165) is 17.0 Å². The fraction of sp³-hybridized carbons (Fsp3) is 0.286. The van der Waals surface area contributed by atoms with Crippen LogP contribution >= 0.6 is 23.8 Å². The molecule has 0 saturated carbocycles. The average molecular weight is 428 g/mol. The number of fused-ring (bicyclic) bond motifs is 2. The summed E-state index contributed by atoms with van der Waals surface area (Å²) < 4.78 is 15.4. The summed E-state index contributed by atoms with van der Waals surface area (Å²) in [5, 5.41) is 5.48. The van der Waals surface area contributed by atoms with Crippen molar-refractivity contribution < 1.29 is 14.3 Å². The minimum absolute atomic E-state index is 0.0729. The molecule has 2 fully saturated rings. The smallest absolute Gasteiger partial charge is 0.218 e. The monoisotopic (exact) mass is 427 g/mol. The van der Waals surface area contributed by atoms with Crippen molar-refractivity contribution in [3.05, 3.63) is 70.0 Å². The Balaban J connectivity index is 1.61. The second-order valence-electron chi connectivity index (χ2n) is 7.21. The van der Waals surface area contributed by atoms with Crippen molar-refractivity contribution in [2.45, 2.75) is 31.4 Å². The predicted octanol–water partition coefficient (Wildman–Crippen LogP) is 4.04. The van der Waals surface area contributed by atoms with Crippen LogP contribution in [-0.2, 0) is 20.8 Å². The number of halogens is 1. The maximum absolute atomic E-state index is 12.3. The fourth-order valence-electron chi connectivity index (χ4n) is 3.82. The second-order valence-corrected chi connectivity index (χ2v) is 8.01. The van der Waals surface area contributed by atoms with Gasteiger partial charge >= 0.3 is 0 Å². The molecule has 2 saturated heterocycles. The maximum Gasteiger partial charge on any atom is 0.218 e. The Morgan fingerprint density at radius 3 is 2.66 bits per heavy atom. The third-order valence-electron chi connectivity index (χ3n) is 5.30. The van der Waals surface area contributed by atoms with Gasteiger partial charge in [-0.15, -0.1) is 0 Å². The molecule has 29 heavy (non-hydrogen) atoms. The number of carbonyl (C=O) groups excluding carboxylic acids is 1. The van der Waals surface area contributed by atoms with E-state index in [-0.39, 0.29) is 17.9 Å². The van der Waals surface area contributed by atoms with E-state index < -0.39 is 6.29 Å². The quantitative estimate of drug-likeness (QED) is 0.588. The van der Waals surface area contributed by atoms with E-state index in [0.29, 0.717) is 29.4 Å². The molecular formula is C21H18ClN3O3S. The van der Waals surface area contributed by atoms with Crippen LogP contribution in [-0.4, -0.2) is 39.1 Å². The standard InChI is InChI=1S/C21H18ClN3O3S/c22-15-8-6-14(7-9-15)19-23-25(16-10-17(26)20-27-12-18(16)28-20)21(29)24(19)11-13-4-2-1-3-5-13/h1-9,16,18,20H,10-12H2/t16-,18-,20-/m1/s1. The van der Waals surface area contributed by atoms with E-state index >= 15 is 0 Å². The Bertz CT molecular complexity index is 1110. The summed E-state index contributed by atoms with van der Waals surface area (Å²) in [5.41, 5.74) is 2.01. The molecule has 3 atom stereocenters. The largest absolute Gasteiger partial charge is 0.343 e. The Morgan fingerprint density at radius 2 is 1.90 bits per heavy atom. The second kappa shape index (κ2) is 7.50. The van der Waals surface area contributed by atoms with Gasteiger partial charge in [-0.3, -0.25) is 9.36 Å². The first-order chi connectivity index (χ1) is 14.1. The first-order valence-electron chi connectivity index (χ1n) is 9.39. The van der Waals surface area contributed by atoms with Crippen molar-refractivity contribution in [2.24, 2.45) is 0 Å². The van der Waals surface area contributed by atoms with Crippen LogP contribution < -0.4 is 0 Å². The molecule has 5 rings (SSSR count). The van der Waals surface area contributed by atoms with Gasteiger partial charge in [-0.05, 0) is 42.0 Å².